The molecule has 0 amide bonds. The molecule has 0 saturated heterocycles. The van der Waals surface area contributed by atoms with Crippen molar-refractivity contribution in [3.8, 4) is 17.2 Å². The SMILES string of the molecule is Cc1cc(Oc2cccc(F)c2F)ccc1-n1ncc(C(=O)C2=Cc3cc(F)c(CS(N)(=O)=O)cc3C2)c1N. The molecule has 0 spiro atoms. The molecule has 1 aliphatic carbocycles. The molecule has 4 aromatic rings. The summed E-state index contributed by atoms with van der Waals surface area (Å²) in [5.74, 6) is -3.89. The molecule has 0 bridgehead atoms. The lowest BCUT2D eigenvalue weighted by molar-refractivity contribution is 0.103. The molecule has 3 aromatic carbocycles. The normalized spacial score (nSPS) is 12.8. The molecule has 0 unspecified atom stereocenters. The van der Waals surface area contributed by atoms with E-state index < -0.39 is 39.0 Å². The van der Waals surface area contributed by atoms with Crippen LogP contribution in [0.4, 0.5) is 19.0 Å². The number of aromatic nitrogens is 2. The van der Waals surface area contributed by atoms with Crippen molar-refractivity contribution in [2.45, 2.75) is 19.1 Å². The van der Waals surface area contributed by atoms with Gasteiger partial charge in [0.1, 0.15) is 17.4 Å². The summed E-state index contributed by atoms with van der Waals surface area (Å²) < 4.78 is 71.5. The first-order valence-corrected chi connectivity index (χ1v) is 13.3. The van der Waals surface area contributed by atoms with Gasteiger partial charge in [0.15, 0.2) is 17.3 Å². The summed E-state index contributed by atoms with van der Waals surface area (Å²) in [5.41, 5.74) is 8.87. The number of fused-ring (bicyclic) bond motifs is 1. The van der Waals surface area contributed by atoms with E-state index in [1.807, 2.05) is 0 Å². The fourth-order valence-corrected chi connectivity index (χ4v) is 5.06. The zero-order chi connectivity index (χ0) is 28.1. The van der Waals surface area contributed by atoms with E-state index in [-0.39, 0.29) is 34.9 Å². The molecule has 5 rings (SSSR count). The number of carbonyl (C=O) groups is 1. The number of nitrogen functional groups attached to an aromatic ring is 1. The number of benzene rings is 3. The van der Waals surface area contributed by atoms with Gasteiger partial charge < -0.3 is 10.5 Å². The van der Waals surface area contributed by atoms with Crippen LogP contribution >= 0.6 is 0 Å². The highest BCUT2D eigenvalue weighted by Gasteiger charge is 2.26. The number of rotatable bonds is 7. The maximum atomic E-state index is 14.4. The van der Waals surface area contributed by atoms with E-state index >= 15 is 0 Å². The van der Waals surface area contributed by atoms with E-state index in [9.17, 15) is 26.4 Å². The van der Waals surface area contributed by atoms with Crippen LogP contribution in [0.3, 0.4) is 0 Å². The number of halogens is 3. The number of nitrogens with two attached hydrogens (primary N) is 2. The summed E-state index contributed by atoms with van der Waals surface area (Å²) >= 11 is 0. The Balaban J connectivity index is 1.38. The number of Topliss-reactive ketones (excluding diaryl/α,β-unsaturated/α-hetero) is 1. The molecule has 1 aliphatic rings. The summed E-state index contributed by atoms with van der Waals surface area (Å²) in [6.45, 7) is 1.73. The largest absolute Gasteiger partial charge is 0.454 e. The fourth-order valence-electron chi connectivity index (χ4n) is 4.41. The highest BCUT2D eigenvalue weighted by atomic mass is 32.2. The van der Waals surface area contributed by atoms with Gasteiger partial charge >= 0.3 is 0 Å². The molecule has 0 radical (unpaired) electrons. The average Bonchev–Trinajstić information content (AvgIpc) is 3.44. The van der Waals surface area contributed by atoms with Crippen LogP contribution in [0.2, 0.25) is 0 Å². The van der Waals surface area contributed by atoms with Crippen LogP contribution in [0.1, 0.15) is 32.6 Å². The number of ether oxygens (including phenoxy) is 1. The van der Waals surface area contributed by atoms with Crippen molar-refractivity contribution >= 4 is 27.7 Å². The van der Waals surface area contributed by atoms with Crippen molar-refractivity contribution < 1.29 is 31.1 Å². The van der Waals surface area contributed by atoms with E-state index in [4.69, 9.17) is 15.6 Å². The molecular weight excluding hydrogens is 533 g/mol. The topological polar surface area (TPSA) is 130 Å². The number of nitrogens with zero attached hydrogens (tertiary/aromatic N) is 2. The summed E-state index contributed by atoms with van der Waals surface area (Å²) in [5, 5.41) is 9.29. The molecular formula is C27H21F3N4O4S. The minimum absolute atomic E-state index is 0.0610. The van der Waals surface area contributed by atoms with Crippen LogP contribution in [0.15, 0.2) is 60.3 Å². The zero-order valence-electron chi connectivity index (χ0n) is 20.4. The van der Waals surface area contributed by atoms with Gasteiger partial charge in [0.2, 0.25) is 15.8 Å². The van der Waals surface area contributed by atoms with Gasteiger partial charge in [-0.3, -0.25) is 4.79 Å². The van der Waals surface area contributed by atoms with Crippen molar-refractivity contribution in [3.05, 3.63) is 106 Å². The quantitative estimate of drug-likeness (QED) is 0.322. The van der Waals surface area contributed by atoms with Gasteiger partial charge in [-0.15, -0.1) is 0 Å². The van der Waals surface area contributed by atoms with Crippen molar-refractivity contribution in [1.82, 2.24) is 9.78 Å². The Bertz CT molecular complexity index is 1800. The van der Waals surface area contributed by atoms with Crippen molar-refractivity contribution in [3.63, 3.8) is 0 Å². The molecule has 0 aliphatic heterocycles. The van der Waals surface area contributed by atoms with Gasteiger partial charge in [-0.05, 0) is 66.1 Å². The van der Waals surface area contributed by atoms with Crippen LogP contribution in [0.5, 0.6) is 11.5 Å². The number of allylic oxidation sites excluding steroid dienone is 1. The van der Waals surface area contributed by atoms with E-state index in [1.54, 1.807) is 19.1 Å². The number of aryl methyl sites for hydroxylation is 1. The Labute approximate surface area is 221 Å². The van der Waals surface area contributed by atoms with Crippen LogP contribution in [-0.2, 0) is 22.2 Å². The Morgan fingerprint density at radius 3 is 2.59 bits per heavy atom. The van der Waals surface area contributed by atoms with E-state index in [2.05, 4.69) is 5.10 Å². The van der Waals surface area contributed by atoms with Gasteiger partial charge in [-0.25, -0.2) is 27.0 Å². The summed E-state index contributed by atoms with van der Waals surface area (Å²) in [6, 6.07) is 10.9. The van der Waals surface area contributed by atoms with Crippen LogP contribution in [0.25, 0.3) is 11.8 Å². The predicted octanol–water partition coefficient (Wildman–Crippen LogP) is 4.58. The lowest BCUT2D eigenvalue weighted by Crippen LogP contribution is -2.15. The predicted molar refractivity (Wildman–Crippen MR) is 138 cm³/mol. The standard InChI is InChI=1S/C27H21F3N4O4S/c1-14-7-19(38-24-4-2-3-21(28)25(24)30)5-6-23(14)34-27(31)20(12-33-34)26(35)17-8-15-10-18(13-39(32,36)37)22(29)11-16(15)9-17/h2-7,9-12H,8,13,31H2,1H3,(H2,32,36,37). The average molecular weight is 555 g/mol. The molecule has 1 aromatic heterocycles. The minimum Gasteiger partial charge on any atom is -0.454 e. The first-order valence-electron chi connectivity index (χ1n) is 11.5. The number of sulfonamides is 1. The third kappa shape index (κ3) is 5.16. The van der Waals surface area contributed by atoms with Gasteiger partial charge in [-0.2, -0.15) is 9.49 Å². The monoisotopic (exact) mass is 554 g/mol. The molecule has 0 saturated carbocycles. The second-order valence-electron chi connectivity index (χ2n) is 9.08. The van der Waals surface area contributed by atoms with Crippen molar-refractivity contribution in [2.24, 2.45) is 5.14 Å². The number of carbonyl (C=O) groups excluding carboxylic acids is 1. The van der Waals surface area contributed by atoms with Crippen LogP contribution in [-0.4, -0.2) is 24.0 Å². The Morgan fingerprint density at radius 1 is 1.10 bits per heavy atom. The second kappa shape index (κ2) is 9.71. The number of ketones is 1. The third-order valence-corrected chi connectivity index (χ3v) is 6.97. The molecule has 0 atom stereocenters. The van der Waals surface area contributed by atoms with Gasteiger partial charge in [0.25, 0.3) is 0 Å². The molecule has 4 N–H and O–H groups in total. The zero-order valence-corrected chi connectivity index (χ0v) is 21.2. The highest BCUT2D eigenvalue weighted by molar-refractivity contribution is 7.88. The summed E-state index contributed by atoms with van der Waals surface area (Å²) in [4.78, 5) is 13.3. The Kier molecular flexibility index (Phi) is 6.52. The minimum atomic E-state index is -3.94. The maximum Gasteiger partial charge on any atom is 0.213 e. The van der Waals surface area contributed by atoms with E-state index in [0.717, 1.165) is 6.07 Å². The number of anilines is 1. The lowest BCUT2D eigenvalue weighted by Gasteiger charge is -2.12. The molecule has 8 nitrogen and oxygen atoms in total. The van der Waals surface area contributed by atoms with Crippen LogP contribution in [0, 0.1) is 24.4 Å². The summed E-state index contributed by atoms with van der Waals surface area (Å²) in [6.07, 6.45) is 3.00. The van der Waals surface area contributed by atoms with E-state index in [0.29, 0.717) is 28.0 Å². The molecule has 39 heavy (non-hydrogen) atoms. The first-order chi connectivity index (χ1) is 18.4. The Hall–Kier alpha value is -4.42. The van der Waals surface area contributed by atoms with Crippen molar-refractivity contribution in [1.29, 1.82) is 0 Å². The first kappa shape index (κ1) is 26.2. The smallest absolute Gasteiger partial charge is 0.213 e. The van der Waals surface area contributed by atoms with Gasteiger partial charge in [-0.1, -0.05) is 12.1 Å². The lowest BCUT2D eigenvalue weighted by atomic mass is 10.0. The molecule has 0 fully saturated rings. The molecule has 200 valence electrons. The van der Waals surface area contributed by atoms with Gasteiger partial charge in [0, 0.05) is 17.6 Å². The Morgan fingerprint density at radius 2 is 1.87 bits per heavy atom. The number of hydrogen-bond acceptors (Lipinski definition) is 6. The number of primary sulfonamides is 1. The van der Waals surface area contributed by atoms with Gasteiger partial charge in [0.05, 0.1) is 23.2 Å². The molecule has 1 heterocycles. The van der Waals surface area contributed by atoms with Crippen molar-refractivity contribution in [2.75, 3.05) is 5.73 Å². The van der Waals surface area contributed by atoms with Crippen LogP contribution < -0.4 is 15.6 Å². The number of hydrogen-bond donors (Lipinski definition) is 2. The highest BCUT2D eigenvalue weighted by Crippen LogP contribution is 2.33. The molecule has 12 heteroatoms. The third-order valence-electron chi connectivity index (χ3n) is 6.26. The maximum absolute atomic E-state index is 14.4. The van der Waals surface area contributed by atoms with E-state index in [1.165, 1.54) is 47.3 Å². The summed E-state index contributed by atoms with van der Waals surface area (Å²) in [7, 11) is -3.94. The second-order valence-corrected chi connectivity index (χ2v) is 10.7. The fraction of sp³-hybridized carbons (Fsp3) is 0.111.